The van der Waals surface area contributed by atoms with E-state index in [9.17, 15) is 5.11 Å². The Bertz CT molecular complexity index is 524. The van der Waals surface area contributed by atoms with Crippen LogP contribution in [0.15, 0.2) is 12.3 Å². The van der Waals surface area contributed by atoms with E-state index < -0.39 is 5.60 Å². The molecule has 1 N–H and O–H groups in total. The smallest absolute Gasteiger partial charge is 0.147 e. The first-order valence-electron chi connectivity index (χ1n) is 7.37. The molecule has 0 radical (unpaired) electrons. The number of pyridine rings is 1. The molecule has 0 amide bonds. The topological polar surface area (TPSA) is 45.6 Å². The van der Waals surface area contributed by atoms with Crippen molar-refractivity contribution >= 4 is 29.0 Å². The highest BCUT2D eigenvalue weighted by atomic mass is 35.5. The third-order valence-corrected chi connectivity index (χ3v) is 5.16. The molecule has 0 spiro atoms. The lowest BCUT2D eigenvalue weighted by molar-refractivity contribution is -0.108. The maximum atomic E-state index is 10.7. The normalized spacial score (nSPS) is 33.4. The van der Waals surface area contributed by atoms with Gasteiger partial charge in [-0.1, -0.05) is 23.2 Å². The lowest BCUT2D eigenvalue weighted by Crippen LogP contribution is -2.52. The van der Waals surface area contributed by atoms with Crippen molar-refractivity contribution in [1.82, 2.24) is 4.98 Å². The van der Waals surface area contributed by atoms with E-state index in [1.165, 1.54) is 0 Å². The standard InChI is InChI=1S/C15H20Cl2N2O2/c1-15(20)4-6-21-9-11(15)13-3-2-5-19(13)14-12(17)7-10(16)8-18-14/h7-8,11,13,20H,2-6,9H2,1H3. The van der Waals surface area contributed by atoms with Gasteiger partial charge in [0.1, 0.15) is 5.82 Å². The Morgan fingerprint density at radius 1 is 1.48 bits per heavy atom. The summed E-state index contributed by atoms with van der Waals surface area (Å²) in [5.74, 6) is 0.826. The summed E-state index contributed by atoms with van der Waals surface area (Å²) in [6.45, 7) is 4.01. The molecule has 2 aliphatic heterocycles. The summed E-state index contributed by atoms with van der Waals surface area (Å²) in [6.07, 6.45) is 4.38. The number of nitrogens with zero attached hydrogens (tertiary/aromatic N) is 2. The first-order chi connectivity index (χ1) is 9.99. The lowest BCUT2D eigenvalue weighted by Gasteiger charge is -2.43. The molecule has 2 fully saturated rings. The molecule has 1 aromatic rings. The summed E-state index contributed by atoms with van der Waals surface area (Å²) < 4.78 is 5.60. The molecule has 0 aliphatic carbocycles. The fourth-order valence-electron chi connectivity index (χ4n) is 3.47. The zero-order valence-electron chi connectivity index (χ0n) is 12.1. The van der Waals surface area contributed by atoms with Crippen molar-refractivity contribution < 1.29 is 9.84 Å². The van der Waals surface area contributed by atoms with Crippen LogP contribution in [0.4, 0.5) is 5.82 Å². The maximum Gasteiger partial charge on any atom is 0.147 e. The van der Waals surface area contributed by atoms with Crippen LogP contribution >= 0.6 is 23.2 Å². The van der Waals surface area contributed by atoms with E-state index in [-0.39, 0.29) is 12.0 Å². The molecule has 116 valence electrons. The largest absolute Gasteiger partial charge is 0.390 e. The van der Waals surface area contributed by atoms with Gasteiger partial charge in [-0.2, -0.15) is 0 Å². The Labute approximate surface area is 135 Å². The minimum atomic E-state index is -0.704. The number of hydrogen-bond donors (Lipinski definition) is 1. The van der Waals surface area contributed by atoms with Crippen LogP contribution in [0, 0.1) is 5.92 Å². The van der Waals surface area contributed by atoms with Crippen LogP contribution in [0.2, 0.25) is 10.0 Å². The second-order valence-electron chi connectivity index (χ2n) is 6.15. The van der Waals surface area contributed by atoms with E-state index in [2.05, 4.69) is 9.88 Å². The third kappa shape index (κ3) is 3.00. The van der Waals surface area contributed by atoms with Gasteiger partial charge in [0.15, 0.2) is 0 Å². The molecule has 6 heteroatoms. The second kappa shape index (κ2) is 5.92. The number of rotatable bonds is 2. The highest BCUT2D eigenvalue weighted by molar-refractivity contribution is 6.36. The quantitative estimate of drug-likeness (QED) is 0.904. The molecule has 3 heterocycles. The molecule has 3 rings (SSSR count). The van der Waals surface area contributed by atoms with Crippen LogP contribution in [0.25, 0.3) is 0 Å². The first-order valence-corrected chi connectivity index (χ1v) is 8.12. The molecular formula is C15H20Cl2N2O2. The average Bonchev–Trinajstić information content (AvgIpc) is 2.87. The van der Waals surface area contributed by atoms with E-state index >= 15 is 0 Å². The summed E-state index contributed by atoms with van der Waals surface area (Å²) in [6, 6.07) is 1.92. The van der Waals surface area contributed by atoms with Crippen LogP contribution in [-0.2, 0) is 4.74 Å². The predicted molar refractivity (Wildman–Crippen MR) is 84.2 cm³/mol. The number of aromatic nitrogens is 1. The molecular weight excluding hydrogens is 311 g/mol. The van der Waals surface area contributed by atoms with Gasteiger partial charge >= 0.3 is 0 Å². The molecule has 3 atom stereocenters. The molecule has 3 unspecified atom stereocenters. The van der Waals surface area contributed by atoms with Crippen LogP contribution in [-0.4, -0.2) is 41.5 Å². The number of halogens is 2. The maximum absolute atomic E-state index is 10.7. The Kier molecular flexibility index (Phi) is 4.33. The molecule has 2 aliphatic rings. The van der Waals surface area contributed by atoms with Crippen molar-refractivity contribution in [2.75, 3.05) is 24.7 Å². The predicted octanol–water partition coefficient (Wildman–Crippen LogP) is 3.14. The fraction of sp³-hybridized carbons (Fsp3) is 0.667. The van der Waals surface area contributed by atoms with Gasteiger partial charge < -0.3 is 14.7 Å². The number of anilines is 1. The minimum Gasteiger partial charge on any atom is -0.390 e. The van der Waals surface area contributed by atoms with Crippen LogP contribution in [0.5, 0.6) is 0 Å². The van der Waals surface area contributed by atoms with Crippen molar-refractivity contribution in [1.29, 1.82) is 0 Å². The van der Waals surface area contributed by atoms with Crippen molar-refractivity contribution in [2.24, 2.45) is 5.92 Å². The van der Waals surface area contributed by atoms with Crippen molar-refractivity contribution in [3.05, 3.63) is 22.3 Å². The number of aliphatic hydroxyl groups is 1. The number of hydrogen-bond acceptors (Lipinski definition) is 4. The molecule has 1 aromatic heterocycles. The summed E-state index contributed by atoms with van der Waals surface area (Å²) in [7, 11) is 0. The van der Waals surface area contributed by atoms with Crippen molar-refractivity contribution in [3.63, 3.8) is 0 Å². The van der Waals surface area contributed by atoms with Gasteiger partial charge in [0.25, 0.3) is 0 Å². The zero-order valence-corrected chi connectivity index (χ0v) is 13.6. The van der Waals surface area contributed by atoms with Gasteiger partial charge in [-0.3, -0.25) is 0 Å². The molecule has 0 saturated carbocycles. The van der Waals surface area contributed by atoms with Gasteiger partial charge in [-0.05, 0) is 32.3 Å². The van der Waals surface area contributed by atoms with Crippen LogP contribution in [0.3, 0.4) is 0 Å². The summed E-state index contributed by atoms with van der Waals surface area (Å²) in [5.41, 5.74) is -0.704. The zero-order chi connectivity index (χ0) is 15.0. The van der Waals surface area contributed by atoms with Crippen LogP contribution < -0.4 is 4.90 Å². The molecule has 0 aromatic carbocycles. The van der Waals surface area contributed by atoms with E-state index in [4.69, 9.17) is 27.9 Å². The Morgan fingerprint density at radius 3 is 3.00 bits per heavy atom. The van der Waals surface area contributed by atoms with Gasteiger partial charge in [-0.15, -0.1) is 0 Å². The number of ether oxygens (including phenoxy) is 1. The van der Waals surface area contributed by atoms with Crippen LogP contribution in [0.1, 0.15) is 26.2 Å². The highest BCUT2D eigenvalue weighted by Gasteiger charge is 2.44. The molecule has 4 nitrogen and oxygen atoms in total. The fourth-order valence-corrected chi connectivity index (χ4v) is 3.96. The van der Waals surface area contributed by atoms with Gasteiger partial charge in [0, 0.05) is 31.3 Å². The molecule has 21 heavy (non-hydrogen) atoms. The Morgan fingerprint density at radius 2 is 2.29 bits per heavy atom. The average molecular weight is 331 g/mol. The van der Waals surface area contributed by atoms with Crippen molar-refractivity contribution in [3.8, 4) is 0 Å². The van der Waals surface area contributed by atoms with E-state index in [0.717, 1.165) is 25.2 Å². The van der Waals surface area contributed by atoms with E-state index in [1.54, 1.807) is 12.3 Å². The third-order valence-electron chi connectivity index (χ3n) is 4.67. The second-order valence-corrected chi connectivity index (χ2v) is 6.99. The summed E-state index contributed by atoms with van der Waals surface area (Å²) >= 11 is 12.2. The summed E-state index contributed by atoms with van der Waals surface area (Å²) in [4.78, 5) is 6.59. The highest BCUT2D eigenvalue weighted by Crippen LogP contribution is 2.39. The van der Waals surface area contributed by atoms with E-state index in [1.807, 2.05) is 6.92 Å². The molecule has 2 saturated heterocycles. The monoisotopic (exact) mass is 330 g/mol. The Hall–Kier alpha value is -0.550. The van der Waals surface area contributed by atoms with Gasteiger partial charge in [-0.25, -0.2) is 4.98 Å². The summed E-state index contributed by atoms with van der Waals surface area (Å²) in [5, 5.41) is 11.8. The van der Waals surface area contributed by atoms with E-state index in [0.29, 0.717) is 29.7 Å². The van der Waals surface area contributed by atoms with Gasteiger partial charge in [0.2, 0.25) is 0 Å². The lowest BCUT2D eigenvalue weighted by atomic mass is 9.79. The minimum absolute atomic E-state index is 0.0716. The Balaban J connectivity index is 1.88. The first kappa shape index (κ1) is 15.3. The SMILES string of the molecule is CC1(O)CCOCC1C1CCCN1c1ncc(Cl)cc1Cl. The van der Waals surface area contributed by atoms with Gasteiger partial charge in [0.05, 0.1) is 22.3 Å². The van der Waals surface area contributed by atoms with Crippen molar-refractivity contribution in [2.45, 2.75) is 37.8 Å². The molecule has 0 bridgehead atoms.